The molecule has 2 aromatic rings. The summed E-state index contributed by atoms with van der Waals surface area (Å²) in [5.74, 6) is 0. The topological polar surface area (TPSA) is 29.9 Å². The molecule has 0 aliphatic rings. The molecule has 2 heterocycles. The molecule has 2 aromatic heterocycles. The van der Waals surface area contributed by atoms with E-state index >= 15 is 0 Å². The number of hydrogen-bond donors (Lipinski definition) is 1. The number of aryl methyl sites for hydroxylation is 1. The van der Waals surface area contributed by atoms with Gasteiger partial charge in [0.05, 0.1) is 19.8 Å². The molecule has 6 heteroatoms. The first kappa shape index (κ1) is 13.3. The summed E-state index contributed by atoms with van der Waals surface area (Å²) in [6.07, 6.45) is 4.00. The molecule has 92 valence electrons. The first-order valence-electron chi connectivity index (χ1n) is 5.30. The first-order valence-corrected chi connectivity index (χ1v) is 7.70. The van der Waals surface area contributed by atoms with Gasteiger partial charge in [-0.15, -0.1) is 11.3 Å². The molecule has 0 amide bonds. The van der Waals surface area contributed by atoms with Gasteiger partial charge < -0.3 is 5.32 Å². The van der Waals surface area contributed by atoms with Gasteiger partial charge in [-0.2, -0.15) is 5.10 Å². The van der Waals surface area contributed by atoms with Crippen molar-refractivity contribution < 1.29 is 0 Å². The monoisotopic (exact) mass is 377 g/mol. The van der Waals surface area contributed by atoms with E-state index in [0.29, 0.717) is 0 Å². The molecular formula is C11H13Br2N3S. The minimum absolute atomic E-state index is 0.173. The van der Waals surface area contributed by atoms with Crippen molar-refractivity contribution in [3.8, 4) is 0 Å². The normalized spacial score (nSPS) is 12.9. The maximum atomic E-state index is 4.32. The van der Waals surface area contributed by atoms with Gasteiger partial charge in [-0.25, -0.2) is 0 Å². The van der Waals surface area contributed by atoms with Crippen molar-refractivity contribution in [1.29, 1.82) is 0 Å². The average Bonchev–Trinajstić information content (AvgIpc) is 2.88. The van der Waals surface area contributed by atoms with Gasteiger partial charge in [0.1, 0.15) is 0 Å². The van der Waals surface area contributed by atoms with Crippen LogP contribution in [-0.4, -0.2) is 16.8 Å². The van der Waals surface area contributed by atoms with E-state index in [-0.39, 0.29) is 6.04 Å². The minimum atomic E-state index is 0.173. The van der Waals surface area contributed by atoms with Crippen LogP contribution in [0.15, 0.2) is 26.0 Å². The van der Waals surface area contributed by atoms with Crippen molar-refractivity contribution in [2.75, 3.05) is 7.05 Å². The molecule has 1 N–H and O–H groups in total. The van der Waals surface area contributed by atoms with Gasteiger partial charge in [-0.1, -0.05) is 0 Å². The molecule has 0 aromatic carbocycles. The molecule has 1 atom stereocenters. The summed E-state index contributed by atoms with van der Waals surface area (Å²) in [5, 5.41) is 7.65. The highest BCUT2D eigenvalue weighted by Crippen LogP contribution is 2.37. The SMILES string of the molecule is CCn1cc(C(NC)c2cc(Br)sc2Br)cn1. The molecule has 3 nitrogen and oxygen atoms in total. The van der Waals surface area contributed by atoms with Crippen LogP contribution in [0.5, 0.6) is 0 Å². The van der Waals surface area contributed by atoms with Crippen molar-refractivity contribution in [3.63, 3.8) is 0 Å². The van der Waals surface area contributed by atoms with E-state index < -0.39 is 0 Å². The van der Waals surface area contributed by atoms with E-state index in [9.17, 15) is 0 Å². The number of nitrogens with one attached hydrogen (secondary N) is 1. The third kappa shape index (κ3) is 2.81. The Hall–Kier alpha value is -0.170. The lowest BCUT2D eigenvalue weighted by molar-refractivity contribution is 0.653. The van der Waals surface area contributed by atoms with Gasteiger partial charge >= 0.3 is 0 Å². The summed E-state index contributed by atoms with van der Waals surface area (Å²) >= 11 is 8.80. The Bertz CT molecular complexity index is 507. The van der Waals surface area contributed by atoms with Crippen LogP contribution in [0.3, 0.4) is 0 Å². The average molecular weight is 379 g/mol. The van der Waals surface area contributed by atoms with Crippen LogP contribution in [0.4, 0.5) is 0 Å². The Morgan fingerprint density at radius 2 is 2.29 bits per heavy atom. The highest BCUT2D eigenvalue weighted by atomic mass is 79.9. The Labute approximate surface area is 121 Å². The molecule has 0 aliphatic carbocycles. The van der Waals surface area contributed by atoms with Gasteiger partial charge in [-0.05, 0) is 57.5 Å². The van der Waals surface area contributed by atoms with Crippen LogP contribution in [0.2, 0.25) is 0 Å². The number of halogens is 2. The summed E-state index contributed by atoms with van der Waals surface area (Å²) in [7, 11) is 1.96. The Morgan fingerprint density at radius 3 is 2.76 bits per heavy atom. The van der Waals surface area contributed by atoms with Gasteiger partial charge in [-0.3, -0.25) is 4.68 Å². The lowest BCUT2D eigenvalue weighted by Crippen LogP contribution is -2.16. The van der Waals surface area contributed by atoms with Gasteiger partial charge in [0.15, 0.2) is 0 Å². The van der Waals surface area contributed by atoms with E-state index in [0.717, 1.165) is 14.1 Å². The first-order chi connectivity index (χ1) is 8.15. The number of hydrogen-bond acceptors (Lipinski definition) is 3. The second kappa shape index (κ2) is 5.65. The van der Waals surface area contributed by atoms with Crippen LogP contribution in [0.25, 0.3) is 0 Å². The molecule has 0 saturated heterocycles. The van der Waals surface area contributed by atoms with E-state index in [4.69, 9.17) is 0 Å². The molecule has 0 saturated carbocycles. The second-order valence-corrected chi connectivity index (χ2v) is 7.38. The number of nitrogens with zero attached hydrogens (tertiary/aromatic N) is 2. The zero-order valence-corrected chi connectivity index (χ0v) is 13.6. The molecule has 17 heavy (non-hydrogen) atoms. The second-order valence-electron chi connectivity index (χ2n) is 3.63. The number of rotatable bonds is 4. The largest absolute Gasteiger partial charge is 0.309 e. The smallest absolute Gasteiger partial charge is 0.0761 e. The fourth-order valence-corrected chi connectivity index (χ4v) is 4.66. The molecule has 0 radical (unpaired) electrons. The summed E-state index contributed by atoms with van der Waals surface area (Å²) in [4.78, 5) is 0. The minimum Gasteiger partial charge on any atom is -0.309 e. The Balaban J connectivity index is 2.36. The molecule has 1 unspecified atom stereocenters. The summed E-state index contributed by atoms with van der Waals surface area (Å²) in [6, 6.07) is 2.31. The fourth-order valence-electron chi connectivity index (χ4n) is 1.75. The molecule has 0 bridgehead atoms. The van der Waals surface area contributed by atoms with Crippen LogP contribution in [0.1, 0.15) is 24.1 Å². The Kier molecular flexibility index (Phi) is 4.41. The molecule has 0 fully saturated rings. The fraction of sp³-hybridized carbons (Fsp3) is 0.364. The van der Waals surface area contributed by atoms with Gasteiger partial charge in [0, 0.05) is 18.3 Å². The molecule has 2 rings (SSSR count). The van der Waals surface area contributed by atoms with Crippen LogP contribution in [0, 0.1) is 0 Å². The van der Waals surface area contributed by atoms with Gasteiger partial charge in [0.2, 0.25) is 0 Å². The van der Waals surface area contributed by atoms with E-state index in [2.05, 4.69) is 61.5 Å². The molecular weight excluding hydrogens is 366 g/mol. The highest BCUT2D eigenvalue weighted by molar-refractivity contribution is 9.12. The van der Waals surface area contributed by atoms with E-state index in [1.165, 1.54) is 11.1 Å². The van der Waals surface area contributed by atoms with Crippen molar-refractivity contribution in [3.05, 3.63) is 37.2 Å². The predicted octanol–water partition coefficient (Wildman–Crippen LogP) is 3.80. The molecule has 0 aliphatic heterocycles. The van der Waals surface area contributed by atoms with Gasteiger partial charge in [0.25, 0.3) is 0 Å². The highest BCUT2D eigenvalue weighted by Gasteiger charge is 2.18. The van der Waals surface area contributed by atoms with Crippen molar-refractivity contribution >= 4 is 43.2 Å². The van der Waals surface area contributed by atoms with E-state index in [1.807, 2.05) is 17.9 Å². The lowest BCUT2D eigenvalue weighted by atomic mass is 10.1. The predicted molar refractivity (Wildman–Crippen MR) is 78.5 cm³/mol. The lowest BCUT2D eigenvalue weighted by Gasteiger charge is -2.13. The summed E-state index contributed by atoms with van der Waals surface area (Å²) in [5.41, 5.74) is 2.42. The Morgan fingerprint density at radius 1 is 1.53 bits per heavy atom. The van der Waals surface area contributed by atoms with Crippen LogP contribution >= 0.6 is 43.2 Å². The maximum absolute atomic E-state index is 4.32. The maximum Gasteiger partial charge on any atom is 0.0761 e. The molecule has 0 spiro atoms. The third-order valence-corrected chi connectivity index (χ3v) is 4.98. The van der Waals surface area contributed by atoms with Crippen molar-refractivity contribution in [2.45, 2.75) is 19.5 Å². The van der Waals surface area contributed by atoms with Crippen molar-refractivity contribution in [1.82, 2.24) is 15.1 Å². The number of thiophene rings is 1. The third-order valence-electron chi connectivity index (χ3n) is 2.59. The van der Waals surface area contributed by atoms with Crippen LogP contribution < -0.4 is 5.32 Å². The van der Waals surface area contributed by atoms with E-state index in [1.54, 1.807) is 11.3 Å². The van der Waals surface area contributed by atoms with Crippen molar-refractivity contribution in [2.24, 2.45) is 0 Å². The zero-order chi connectivity index (χ0) is 12.4. The summed E-state index contributed by atoms with van der Waals surface area (Å²) < 4.78 is 4.21. The quantitative estimate of drug-likeness (QED) is 0.876. The summed E-state index contributed by atoms with van der Waals surface area (Å²) in [6.45, 7) is 2.98. The zero-order valence-electron chi connectivity index (χ0n) is 9.58. The number of aromatic nitrogens is 2. The van der Waals surface area contributed by atoms with Crippen LogP contribution in [-0.2, 0) is 6.54 Å². The standard InChI is InChI=1S/C11H13Br2N3S/c1-3-16-6-7(5-15-16)10(14-2)8-4-9(12)17-11(8)13/h4-6,10,14H,3H2,1-2H3.